The van der Waals surface area contributed by atoms with Gasteiger partial charge in [0.2, 0.25) is 10.0 Å². The molecule has 6 heteroatoms. The number of hydrogen-bond donors (Lipinski definition) is 1. The summed E-state index contributed by atoms with van der Waals surface area (Å²) in [6, 6.07) is 22.8. The highest BCUT2D eigenvalue weighted by Gasteiger charge is 2.20. The van der Waals surface area contributed by atoms with Crippen molar-refractivity contribution in [2.75, 3.05) is 17.1 Å². The van der Waals surface area contributed by atoms with Gasteiger partial charge in [0.15, 0.2) is 0 Å². The van der Waals surface area contributed by atoms with Gasteiger partial charge in [0.25, 0.3) is 5.91 Å². The van der Waals surface area contributed by atoms with Crippen molar-refractivity contribution in [3.63, 3.8) is 0 Å². The van der Waals surface area contributed by atoms with Crippen LogP contribution in [0.3, 0.4) is 0 Å². The van der Waals surface area contributed by atoms with Gasteiger partial charge in [-0.3, -0.25) is 9.10 Å². The molecule has 0 radical (unpaired) electrons. The molecule has 32 heavy (non-hydrogen) atoms. The van der Waals surface area contributed by atoms with Crippen molar-refractivity contribution in [2.24, 2.45) is 0 Å². The van der Waals surface area contributed by atoms with E-state index in [2.05, 4.69) is 24.4 Å². The summed E-state index contributed by atoms with van der Waals surface area (Å²) >= 11 is 0. The predicted octanol–water partition coefficient (Wildman–Crippen LogP) is 4.80. The Bertz CT molecular complexity index is 1170. The van der Waals surface area contributed by atoms with Gasteiger partial charge in [-0.2, -0.15) is 0 Å². The fourth-order valence-electron chi connectivity index (χ4n) is 3.56. The van der Waals surface area contributed by atoms with Gasteiger partial charge < -0.3 is 5.32 Å². The Balaban J connectivity index is 1.70. The van der Waals surface area contributed by atoms with Crippen LogP contribution in [0, 0.1) is 13.8 Å². The zero-order valence-electron chi connectivity index (χ0n) is 19.0. The lowest BCUT2D eigenvalue weighted by molar-refractivity contribution is 0.0951. The molecule has 0 bridgehead atoms. The van der Waals surface area contributed by atoms with Crippen molar-refractivity contribution in [1.29, 1.82) is 0 Å². The van der Waals surface area contributed by atoms with Crippen molar-refractivity contribution in [3.05, 3.63) is 101 Å². The second kappa shape index (κ2) is 10.0. The average molecular weight is 451 g/mol. The van der Waals surface area contributed by atoms with Crippen LogP contribution < -0.4 is 9.62 Å². The molecule has 0 aliphatic carbocycles. The quantitative estimate of drug-likeness (QED) is 0.536. The first-order valence-electron chi connectivity index (χ1n) is 10.6. The fourth-order valence-corrected chi connectivity index (χ4v) is 4.50. The van der Waals surface area contributed by atoms with E-state index in [0.29, 0.717) is 17.8 Å². The van der Waals surface area contributed by atoms with E-state index in [-0.39, 0.29) is 18.4 Å². The summed E-state index contributed by atoms with van der Waals surface area (Å²) in [6.07, 6.45) is 1.21. The van der Waals surface area contributed by atoms with E-state index < -0.39 is 10.0 Å². The highest BCUT2D eigenvalue weighted by Crippen LogP contribution is 2.26. The molecule has 0 heterocycles. The van der Waals surface area contributed by atoms with E-state index >= 15 is 0 Å². The molecule has 0 fully saturated rings. The third-order valence-corrected chi connectivity index (χ3v) is 6.85. The summed E-state index contributed by atoms with van der Waals surface area (Å²) in [5.41, 5.74) is 5.17. The minimum atomic E-state index is -3.47. The van der Waals surface area contributed by atoms with Crippen LogP contribution in [0.25, 0.3) is 0 Å². The Labute approximate surface area is 191 Å². The van der Waals surface area contributed by atoms with Gasteiger partial charge in [0.1, 0.15) is 0 Å². The second-order valence-corrected chi connectivity index (χ2v) is 10.1. The molecular weight excluding hydrogens is 420 g/mol. The Kier molecular flexibility index (Phi) is 7.36. The second-order valence-electron chi connectivity index (χ2n) is 8.21. The summed E-state index contributed by atoms with van der Waals surface area (Å²) in [6.45, 7) is 6.71. The fraction of sp³-hybridized carbons (Fsp3) is 0.269. The molecule has 0 aromatic heterocycles. The molecule has 3 aromatic carbocycles. The van der Waals surface area contributed by atoms with E-state index in [0.717, 1.165) is 16.7 Å². The molecule has 1 amide bonds. The van der Waals surface area contributed by atoms with Crippen LogP contribution in [-0.2, 0) is 16.6 Å². The Hall–Kier alpha value is -3.12. The van der Waals surface area contributed by atoms with Crippen LogP contribution >= 0.6 is 0 Å². The first kappa shape index (κ1) is 23.5. The molecule has 3 aromatic rings. The van der Waals surface area contributed by atoms with Gasteiger partial charge in [0, 0.05) is 12.1 Å². The zero-order chi connectivity index (χ0) is 23.3. The Morgan fingerprint density at radius 2 is 1.59 bits per heavy atom. The molecule has 0 aliphatic heterocycles. The summed E-state index contributed by atoms with van der Waals surface area (Å²) in [5, 5.41) is 2.98. The van der Waals surface area contributed by atoms with E-state index in [9.17, 15) is 13.2 Å². The largest absolute Gasteiger partial charge is 0.351 e. The maximum atomic E-state index is 12.6. The van der Waals surface area contributed by atoms with Crippen LogP contribution in [-0.4, -0.2) is 27.1 Å². The monoisotopic (exact) mass is 450 g/mol. The normalized spacial score (nSPS) is 12.2. The molecule has 1 N–H and O–H groups in total. The van der Waals surface area contributed by atoms with Crippen molar-refractivity contribution in [3.8, 4) is 0 Å². The van der Waals surface area contributed by atoms with Crippen LogP contribution in [0.1, 0.15) is 45.5 Å². The lowest BCUT2D eigenvalue weighted by Gasteiger charge is -2.25. The SMILES string of the molecule is Cc1cccc(N(Cc2ccc(C(=O)NC[C@H](C)c3ccccc3)cc2)S(C)(=O)=O)c1C. The molecule has 0 saturated carbocycles. The maximum Gasteiger partial charge on any atom is 0.251 e. The number of benzene rings is 3. The zero-order valence-corrected chi connectivity index (χ0v) is 19.8. The third kappa shape index (κ3) is 5.77. The number of anilines is 1. The molecule has 1 atom stereocenters. The molecular formula is C26H30N2O3S. The summed E-state index contributed by atoms with van der Waals surface area (Å²) in [5.74, 6) is 0.0640. The molecule has 0 aliphatic rings. The Morgan fingerprint density at radius 1 is 0.938 bits per heavy atom. The van der Waals surface area contributed by atoms with Gasteiger partial charge in [-0.15, -0.1) is 0 Å². The summed E-state index contributed by atoms with van der Waals surface area (Å²) < 4.78 is 26.4. The third-order valence-electron chi connectivity index (χ3n) is 5.72. The summed E-state index contributed by atoms with van der Waals surface area (Å²) in [7, 11) is -3.47. The predicted molar refractivity (Wildman–Crippen MR) is 131 cm³/mol. The van der Waals surface area contributed by atoms with Crippen molar-refractivity contribution < 1.29 is 13.2 Å². The number of nitrogens with one attached hydrogen (secondary N) is 1. The Morgan fingerprint density at radius 3 is 2.22 bits per heavy atom. The minimum Gasteiger partial charge on any atom is -0.351 e. The number of carbonyl (C=O) groups is 1. The number of sulfonamides is 1. The van der Waals surface area contributed by atoms with E-state index in [1.165, 1.54) is 16.1 Å². The number of nitrogens with zero attached hydrogens (tertiary/aromatic N) is 1. The van der Waals surface area contributed by atoms with Gasteiger partial charge in [-0.25, -0.2) is 8.42 Å². The summed E-state index contributed by atoms with van der Waals surface area (Å²) in [4.78, 5) is 12.6. The maximum absolute atomic E-state index is 12.6. The van der Waals surface area contributed by atoms with Crippen molar-refractivity contribution in [2.45, 2.75) is 33.2 Å². The van der Waals surface area contributed by atoms with Gasteiger partial charge in [0.05, 0.1) is 18.5 Å². The number of rotatable bonds is 8. The van der Waals surface area contributed by atoms with Gasteiger partial charge >= 0.3 is 0 Å². The smallest absolute Gasteiger partial charge is 0.251 e. The van der Waals surface area contributed by atoms with E-state index in [1.807, 2.05) is 50.2 Å². The molecule has 5 nitrogen and oxygen atoms in total. The lowest BCUT2D eigenvalue weighted by Crippen LogP contribution is -2.30. The molecule has 168 valence electrons. The standard InChI is InChI=1S/C26H30N2O3S/c1-19-9-8-12-25(21(19)3)28(32(4,30)31)18-22-13-15-24(16-14-22)26(29)27-17-20(2)23-10-6-5-7-11-23/h5-16,20H,17-18H2,1-4H3,(H,27,29)/t20-/m0/s1. The number of hydrogen-bond acceptors (Lipinski definition) is 3. The van der Waals surface area contributed by atoms with Crippen molar-refractivity contribution in [1.82, 2.24) is 5.32 Å². The minimum absolute atomic E-state index is 0.145. The molecule has 0 spiro atoms. The lowest BCUT2D eigenvalue weighted by atomic mass is 10.0. The van der Waals surface area contributed by atoms with Crippen LogP contribution in [0.2, 0.25) is 0 Å². The first-order valence-corrected chi connectivity index (χ1v) is 12.5. The molecule has 0 saturated heterocycles. The number of carbonyl (C=O) groups excluding carboxylic acids is 1. The van der Waals surface area contributed by atoms with E-state index in [1.54, 1.807) is 24.3 Å². The average Bonchev–Trinajstić information content (AvgIpc) is 2.78. The van der Waals surface area contributed by atoms with Gasteiger partial charge in [-0.05, 0) is 60.2 Å². The van der Waals surface area contributed by atoms with Crippen molar-refractivity contribution >= 4 is 21.6 Å². The van der Waals surface area contributed by atoms with Crippen LogP contribution in [0.5, 0.6) is 0 Å². The van der Waals surface area contributed by atoms with E-state index in [4.69, 9.17) is 0 Å². The first-order chi connectivity index (χ1) is 15.2. The highest BCUT2D eigenvalue weighted by molar-refractivity contribution is 7.92. The molecule has 3 rings (SSSR count). The number of amides is 1. The molecule has 0 unspecified atom stereocenters. The number of aryl methyl sites for hydroxylation is 1. The van der Waals surface area contributed by atoms with Crippen LogP contribution in [0.4, 0.5) is 5.69 Å². The van der Waals surface area contributed by atoms with Crippen LogP contribution in [0.15, 0.2) is 72.8 Å². The highest BCUT2D eigenvalue weighted by atomic mass is 32.2. The van der Waals surface area contributed by atoms with Gasteiger partial charge in [-0.1, -0.05) is 61.5 Å². The topological polar surface area (TPSA) is 66.5 Å².